The number of amides is 1. The number of alkyl halides is 1. The number of hydrogen-bond acceptors (Lipinski definition) is 1. The zero-order valence-electron chi connectivity index (χ0n) is 10.5. The van der Waals surface area contributed by atoms with Crippen LogP contribution in [0.5, 0.6) is 0 Å². The van der Waals surface area contributed by atoms with Gasteiger partial charge in [0.2, 0.25) is 0 Å². The van der Waals surface area contributed by atoms with E-state index in [-0.39, 0.29) is 5.91 Å². The molecule has 19 heavy (non-hydrogen) atoms. The third kappa shape index (κ3) is 3.56. The maximum Gasteiger partial charge on any atom is 0.255 e. The van der Waals surface area contributed by atoms with Crippen molar-refractivity contribution in [1.82, 2.24) is 4.90 Å². The molecule has 2 nitrogen and oxygen atoms in total. The first-order valence-electron chi connectivity index (χ1n) is 6.45. The van der Waals surface area contributed by atoms with E-state index < -0.39 is 0 Å². The van der Waals surface area contributed by atoms with Gasteiger partial charge in [0.1, 0.15) is 0 Å². The van der Waals surface area contributed by atoms with Gasteiger partial charge < -0.3 is 4.90 Å². The second-order valence-corrected chi connectivity index (χ2v) is 5.97. The fraction of sp³-hybridized carbons (Fsp3) is 0.500. The van der Waals surface area contributed by atoms with Crippen LogP contribution in [0.4, 0.5) is 0 Å². The molecule has 1 saturated carbocycles. The van der Waals surface area contributed by atoms with E-state index in [1.807, 2.05) is 4.90 Å². The van der Waals surface area contributed by atoms with E-state index in [9.17, 15) is 4.79 Å². The third-order valence-electron chi connectivity index (χ3n) is 3.47. The van der Waals surface area contributed by atoms with Crippen LogP contribution in [0.2, 0.25) is 10.0 Å². The van der Waals surface area contributed by atoms with Crippen LogP contribution >= 0.6 is 34.8 Å². The predicted molar refractivity (Wildman–Crippen MR) is 80.5 cm³/mol. The predicted octanol–water partition coefficient (Wildman–Crippen LogP) is 4.62. The monoisotopic (exact) mass is 319 g/mol. The molecule has 5 heteroatoms. The Kier molecular flexibility index (Phi) is 5.37. The Bertz CT molecular complexity index is 460. The average Bonchev–Trinajstić information content (AvgIpc) is 2.31. The number of nitrogens with zero attached hydrogens (tertiary/aromatic N) is 1. The molecule has 104 valence electrons. The van der Waals surface area contributed by atoms with Gasteiger partial charge in [0.25, 0.3) is 5.91 Å². The lowest BCUT2D eigenvalue weighted by atomic mass is 9.91. The molecule has 1 aromatic rings. The van der Waals surface area contributed by atoms with Crippen LogP contribution < -0.4 is 0 Å². The standard InChI is InChI=1S/C14H16Cl3NO/c15-7-2-8-18(11-3-1-4-11)14(19)12-6-5-10(16)9-13(12)17/h5-6,9,11H,1-4,7-8H2. The molecule has 0 spiro atoms. The van der Waals surface area contributed by atoms with E-state index >= 15 is 0 Å². The minimum atomic E-state index is -0.0171. The van der Waals surface area contributed by atoms with Crippen molar-refractivity contribution in [2.45, 2.75) is 31.7 Å². The minimum absolute atomic E-state index is 0.0171. The molecule has 0 unspecified atom stereocenters. The van der Waals surface area contributed by atoms with Gasteiger partial charge in [-0.05, 0) is 43.9 Å². The highest BCUT2D eigenvalue weighted by Gasteiger charge is 2.29. The highest BCUT2D eigenvalue weighted by Crippen LogP contribution is 2.29. The zero-order valence-corrected chi connectivity index (χ0v) is 12.8. The minimum Gasteiger partial charge on any atom is -0.336 e. The number of hydrogen-bond donors (Lipinski definition) is 0. The van der Waals surface area contributed by atoms with Crippen LogP contribution in [-0.2, 0) is 0 Å². The maximum atomic E-state index is 12.6. The van der Waals surface area contributed by atoms with Crippen LogP contribution in [0.3, 0.4) is 0 Å². The summed E-state index contributed by atoms with van der Waals surface area (Å²) in [5, 5.41) is 0.949. The Morgan fingerprint density at radius 3 is 2.58 bits per heavy atom. The van der Waals surface area contributed by atoms with Gasteiger partial charge in [-0.15, -0.1) is 11.6 Å². The normalized spacial score (nSPS) is 15.1. The van der Waals surface area contributed by atoms with E-state index in [0.29, 0.717) is 34.1 Å². The summed E-state index contributed by atoms with van der Waals surface area (Å²) in [6.07, 6.45) is 4.12. The Labute approximate surface area is 128 Å². The summed E-state index contributed by atoms with van der Waals surface area (Å²) in [6.45, 7) is 0.686. The van der Waals surface area contributed by atoms with Gasteiger partial charge in [0.05, 0.1) is 10.6 Å². The third-order valence-corrected chi connectivity index (χ3v) is 4.29. The Morgan fingerprint density at radius 2 is 2.05 bits per heavy atom. The fourth-order valence-corrected chi connectivity index (χ4v) is 2.80. The van der Waals surface area contributed by atoms with Crippen molar-refractivity contribution in [3.05, 3.63) is 33.8 Å². The first-order chi connectivity index (χ1) is 9.13. The van der Waals surface area contributed by atoms with Gasteiger partial charge in [-0.25, -0.2) is 0 Å². The molecule has 1 amide bonds. The van der Waals surface area contributed by atoms with Gasteiger partial charge in [-0.3, -0.25) is 4.79 Å². The van der Waals surface area contributed by atoms with Gasteiger partial charge in [-0.1, -0.05) is 23.2 Å². The molecule has 0 bridgehead atoms. The van der Waals surface area contributed by atoms with Crippen molar-refractivity contribution in [2.75, 3.05) is 12.4 Å². The summed E-state index contributed by atoms with van der Waals surface area (Å²) in [7, 11) is 0. The molecule has 1 aliphatic rings. The summed E-state index contributed by atoms with van der Waals surface area (Å²) in [5.74, 6) is 0.543. The van der Waals surface area contributed by atoms with Crippen LogP contribution in [0.25, 0.3) is 0 Å². The molecule has 1 fully saturated rings. The summed E-state index contributed by atoms with van der Waals surface area (Å²) < 4.78 is 0. The van der Waals surface area contributed by atoms with Gasteiger partial charge >= 0.3 is 0 Å². The Hall–Kier alpha value is -0.440. The molecule has 0 radical (unpaired) electrons. The van der Waals surface area contributed by atoms with Crippen LogP contribution in [0, 0.1) is 0 Å². The Morgan fingerprint density at radius 1 is 1.32 bits per heavy atom. The quantitative estimate of drug-likeness (QED) is 0.725. The molecular weight excluding hydrogens is 305 g/mol. The van der Waals surface area contributed by atoms with Crippen molar-refractivity contribution < 1.29 is 4.79 Å². The van der Waals surface area contributed by atoms with E-state index in [2.05, 4.69) is 0 Å². The van der Waals surface area contributed by atoms with Crippen molar-refractivity contribution in [1.29, 1.82) is 0 Å². The summed E-state index contributed by atoms with van der Waals surface area (Å²) in [4.78, 5) is 14.5. The van der Waals surface area contributed by atoms with Crippen LogP contribution in [0.1, 0.15) is 36.0 Å². The number of halogens is 3. The molecule has 0 heterocycles. The molecule has 1 aliphatic carbocycles. The first-order valence-corrected chi connectivity index (χ1v) is 7.74. The molecule has 0 N–H and O–H groups in total. The number of carbonyl (C=O) groups excluding carboxylic acids is 1. The lowest BCUT2D eigenvalue weighted by molar-refractivity contribution is 0.0581. The summed E-state index contributed by atoms with van der Waals surface area (Å²) >= 11 is 17.7. The molecule has 0 atom stereocenters. The lowest BCUT2D eigenvalue weighted by Crippen LogP contribution is -2.45. The second-order valence-electron chi connectivity index (χ2n) is 4.75. The highest BCUT2D eigenvalue weighted by atomic mass is 35.5. The molecule has 0 saturated heterocycles. The first kappa shape index (κ1) is 15.0. The van der Waals surface area contributed by atoms with Crippen molar-refractivity contribution in [3.63, 3.8) is 0 Å². The number of benzene rings is 1. The second kappa shape index (κ2) is 6.83. The van der Waals surface area contributed by atoms with Crippen LogP contribution in [-0.4, -0.2) is 29.3 Å². The average molecular weight is 321 g/mol. The SMILES string of the molecule is O=C(c1ccc(Cl)cc1Cl)N(CCCCl)C1CCC1. The number of carbonyl (C=O) groups is 1. The van der Waals surface area contributed by atoms with Gasteiger partial charge in [0.15, 0.2) is 0 Å². The topological polar surface area (TPSA) is 20.3 Å². The van der Waals surface area contributed by atoms with E-state index in [1.165, 1.54) is 6.42 Å². The van der Waals surface area contributed by atoms with Crippen molar-refractivity contribution in [2.24, 2.45) is 0 Å². The smallest absolute Gasteiger partial charge is 0.255 e. The molecule has 0 aliphatic heterocycles. The Balaban J connectivity index is 2.17. The molecule has 2 rings (SSSR count). The van der Waals surface area contributed by atoms with Gasteiger partial charge in [-0.2, -0.15) is 0 Å². The molecular formula is C14H16Cl3NO. The maximum absolute atomic E-state index is 12.6. The van der Waals surface area contributed by atoms with Crippen molar-refractivity contribution in [3.8, 4) is 0 Å². The van der Waals surface area contributed by atoms with E-state index in [4.69, 9.17) is 34.8 Å². The van der Waals surface area contributed by atoms with Gasteiger partial charge in [0, 0.05) is 23.5 Å². The lowest BCUT2D eigenvalue weighted by Gasteiger charge is -2.37. The van der Waals surface area contributed by atoms with Crippen molar-refractivity contribution >= 4 is 40.7 Å². The number of rotatable bonds is 5. The zero-order chi connectivity index (χ0) is 13.8. The summed E-state index contributed by atoms with van der Waals surface area (Å²) in [6, 6.07) is 5.33. The highest BCUT2D eigenvalue weighted by molar-refractivity contribution is 6.36. The van der Waals surface area contributed by atoms with E-state index in [1.54, 1.807) is 18.2 Å². The van der Waals surface area contributed by atoms with Crippen LogP contribution in [0.15, 0.2) is 18.2 Å². The summed E-state index contributed by atoms with van der Waals surface area (Å²) in [5.41, 5.74) is 0.521. The van der Waals surface area contributed by atoms with E-state index in [0.717, 1.165) is 19.3 Å². The molecule has 0 aromatic heterocycles. The molecule has 1 aromatic carbocycles. The largest absolute Gasteiger partial charge is 0.336 e. The fourth-order valence-electron chi connectivity index (χ4n) is 2.20.